The Kier molecular flexibility index (Phi) is 4.86. The SMILES string of the molecule is CC1=C(C(=O)Nc2ccc(F)cc2)C(c2cccc([N+](=O)[O-])c2)n2c(nc3ccccc32)N1. The highest BCUT2D eigenvalue weighted by molar-refractivity contribution is 6.06. The van der Waals surface area contributed by atoms with E-state index in [4.69, 9.17) is 0 Å². The number of nitro groups is 1. The van der Waals surface area contributed by atoms with E-state index in [0.717, 1.165) is 11.0 Å². The normalized spacial score (nSPS) is 15.2. The summed E-state index contributed by atoms with van der Waals surface area (Å²) in [7, 11) is 0. The van der Waals surface area contributed by atoms with Gasteiger partial charge in [0.1, 0.15) is 5.82 Å². The molecule has 33 heavy (non-hydrogen) atoms. The van der Waals surface area contributed by atoms with Crippen molar-refractivity contribution < 1.29 is 14.1 Å². The fourth-order valence-electron chi connectivity index (χ4n) is 4.11. The summed E-state index contributed by atoms with van der Waals surface area (Å²) in [5.41, 5.74) is 3.36. The Labute approximate surface area is 187 Å². The molecular weight excluding hydrogens is 425 g/mol. The van der Waals surface area contributed by atoms with E-state index in [0.29, 0.717) is 28.5 Å². The molecule has 0 bridgehead atoms. The lowest BCUT2D eigenvalue weighted by Gasteiger charge is -2.30. The van der Waals surface area contributed by atoms with E-state index < -0.39 is 22.7 Å². The molecule has 1 amide bonds. The second-order valence-electron chi connectivity index (χ2n) is 7.67. The second-order valence-corrected chi connectivity index (χ2v) is 7.67. The van der Waals surface area contributed by atoms with Crippen molar-refractivity contribution in [1.82, 2.24) is 9.55 Å². The zero-order valence-electron chi connectivity index (χ0n) is 17.4. The molecule has 1 unspecified atom stereocenters. The molecule has 1 atom stereocenters. The molecule has 2 heterocycles. The molecule has 0 saturated heterocycles. The van der Waals surface area contributed by atoms with Gasteiger partial charge in [0.25, 0.3) is 11.6 Å². The zero-order valence-corrected chi connectivity index (χ0v) is 17.4. The summed E-state index contributed by atoms with van der Waals surface area (Å²) in [4.78, 5) is 29.1. The van der Waals surface area contributed by atoms with E-state index in [2.05, 4.69) is 15.6 Å². The minimum atomic E-state index is -0.672. The summed E-state index contributed by atoms with van der Waals surface area (Å²) in [5, 5.41) is 17.4. The molecule has 0 radical (unpaired) electrons. The summed E-state index contributed by atoms with van der Waals surface area (Å²) in [6.07, 6.45) is 0. The number of rotatable bonds is 4. The third-order valence-electron chi connectivity index (χ3n) is 5.57. The van der Waals surface area contributed by atoms with Crippen LogP contribution >= 0.6 is 0 Å². The van der Waals surface area contributed by atoms with Gasteiger partial charge in [-0.25, -0.2) is 9.37 Å². The fourth-order valence-corrected chi connectivity index (χ4v) is 4.11. The number of allylic oxidation sites excluding steroid dienone is 1. The molecule has 1 aromatic heterocycles. The third kappa shape index (κ3) is 3.59. The quantitative estimate of drug-likeness (QED) is 0.341. The van der Waals surface area contributed by atoms with Crippen LogP contribution in [0.25, 0.3) is 11.0 Å². The van der Waals surface area contributed by atoms with Crippen molar-refractivity contribution in [3.8, 4) is 0 Å². The summed E-state index contributed by atoms with van der Waals surface area (Å²) in [5.74, 6) is -0.290. The Morgan fingerprint density at radius 3 is 2.64 bits per heavy atom. The molecule has 1 aliphatic heterocycles. The predicted molar refractivity (Wildman–Crippen MR) is 122 cm³/mol. The standard InChI is InChI=1S/C24H18FN5O3/c1-14-21(23(31)27-17-11-9-16(25)10-12-17)22(15-5-4-6-18(13-15)30(32)33)29-20-8-3-2-7-19(20)28-24(29)26-14/h2-13,22H,1H3,(H,26,28)(H,27,31). The van der Waals surface area contributed by atoms with Crippen molar-refractivity contribution in [1.29, 1.82) is 0 Å². The van der Waals surface area contributed by atoms with Gasteiger partial charge in [0.05, 0.1) is 27.6 Å². The number of fused-ring (bicyclic) bond motifs is 3. The van der Waals surface area contributed by atoms with Crippen LogP contribution in [-0.4, -0.2) is 20.4 Å². The Morgan fingerprint density at radius 2 is 1.88 bits per heavy atom. The van der Waals surface area contributed by atoms with Crippen molar-refractivity contribution in [3.63, 3.8) is 0 Å². The number of carbonyl (C=O) groups excluding carboxylic acids is 1. The minimum Gasteiger partial charge on any atom is -0.329 e. The molecule has 8 nitrogen and oxygen atoms in total. The number of amides is 1. The van der Waals surface area contributed by atoms with E-state index in [1.807, 2.05) is 28.8 Å². The zero-order chi connectivity index (χ0) is 23.1. The van der Waals surface area contributed by atoms with E-state index in [1.54, 1.807) is 19.1 Å². The maximum Gasteiger partial charge on any atom is 0.269 e. The number of carbonyl (C=O) groups is 1. The van der Waals surface area contributed by atoms with Crippen LogP contribution in [0.4, 0.5) is 21.7 Å². The Bertz CT molecular complexity index is 1440. The Balaban J connectivity index is 1.68. The molecule has 164 valence electrons. The summed E-state index contributed by atoms with van der Waals surface area (Å²) in [6, 6.07) is 18.5. The van der Waals surface area contributed by atoms with Crippen molar-refractivity contribution >= 4 is 34.3 Å². The van der Waals surface area contributed by atoms with Crippen LogP contribution in [0.1, 0.15) is 18.5 Å². The predicted octanol–water partition coefficient (Wildman–Crippen LogP) is 5.01. The Morgan fingerprint density at radius 1 is 1.12 bits per heavy atom. The smallest absolute Gasteiger partial charge is 0.269 e. The monoisotopic (exact) mass is 443 g/mol. The van der Waals surface area contributed by atoms with Gasteiger partial charge in [0.15, 0.2) is 0 Å². The van der Waals surface area contributed by atoms with Gasteiger partial charge in [-0.05, 0) is 48.9 Å². The van der Waals surface area contributed by atoms with E-state index in [9.17, 15) is 19.3 Å². The number of halogens is 1. The molecule has 5 rings (SSSR count). The Hall–Kier alpha value is -4.53. The van der Waals surface area contributed by atoms with Crippen LogP contribution in [0.15, 0.2) is 84.1 Å². The average Bonchev–Trinajstić information content (AvgIpc) is 3.17. The molecule has 0 spiro atoms. The molecular formula is C24H18FN5O3. The number of hydrogen-bond acceptors (Lipinski definition) is 5. The molecule has 0 fully saturated rings. The van der Waals surface area contributed by atoms with E-state index in [-0.39, 0.29) is 5.69 Å². The number of imidazole rings is 1. The lowest BCUT2D eigenvalue weighted by atomic mass is 9.94. The molecule has 0 saturated carbocycles. The number of benzene rings is 3. The molecule has 3 aromatic carbocycles. The van der Waals surface area contributed by atoms with Gasteiger partial charge in [-0.1, -0.05) is 24.3 Å². The van der Waals surface area contributed by atoms with Gasteiger partial charge in [0, 0.05) is 23.5 Å². The van der Waals surface area contributed by atoms with Crippen molar-refractivity contribution in [3.05, 3.63) is 106 Å². The maximum atomic E-state index is 13.5. The number of hydrogen-bond donors (Lipinski definition) is 2. The van der Waals surface area contributed by atoms with Gasteiger partial charge < -0.3 is 10.6 Å². The number of nitro benzene ring substituents is 1. The van der Waals surface area contributed by atoms with Crippen LogP contribution in [0.5, 0.6) is 0 Å². The maximum absolute atomic E-state index is 13.5. The van der Waals surface area contributed by atoms with Crippen LogP contribution in [0.3, 0.4) is 0 Å². The first kappa shape index (κ1) is 20.4. The minimum absolute atomic E-state index is 0.0760. The molecule has 0 aliphatic carbocycles. The van der Waals surface area contributed by atoms with Gasteiger partial charge in [-0.2, -0.15) is 0 Å². The highest BCUT2D eigenvalue weighted by Crippen LogP contribution is 2.40. The highest BCUT2D eigenvalue weighted by atomic mass is 19.1. The molecule has 2 N–H and O–H groups in total. The van der Waals surface area contributed by atoms with E-state index >= 15 is 0 Å². The van der Waals surface area contributed by atoms with Crippen molar-refractivity contribution in [2.24, 2.45) is 0 Å². The number of non-ortho nitro benzene ring substituents is 1. The summed E-state index contributed by atoms with van der Waals surface area (Å²) >= 11 is 0. The van der Waals surface area contributed by atoms with Crippen LogP contribution in [0, 0.1) is 15.9 Å². The summed E-state index contributed by atoms with van der Waals surface area (Å²) < 4.78 is 15.2. The lowest BCUT2D eigenvalue weighted by Crippen LogP contribution is -2.31. The largest absolute Gasteiger partial charge is 0.329 e. The van der Waals surface area contributed by atoms with Crippen LogP contribution < -0.4 is 10.6 Å². The third-order valence-corrected chi connectivity index (χ3v) is 5.57. The van der Waals surface area contributed by atoms with Crippen molar-refractivity contribution in [2.75, 3.05) is 10.6 Å². The average molecular weight is 443 g/mol. The van der Waals surface area contributed by atoms with Gasteiger partial charge in [0.2, 0.25) is 5.95 Å². The topological polar surface area (TPSA) is 102 Å². The highest BCUT2D eigenvalue weighted by Gasteiger charge is 2.34. The van der Waals surface area contributed by atoms with Gasteiger partial charge in [-0.3, -0.25) is 19.5 Å². The van der Waals surface area contributed by atoms with E-state index in [1.165, 1.54) is 36.4 Å². The number of nitrogens with zero attached hydrogens (tertiary/aromatic N) is 3. The molecule has 4 aromatic rings. The molecule has 9 heteroatoms. The fraction of sp³-hybridized carbons (Fsp3) is 0.0833. The number of anilines is 2. The second kappa shape index (κ2) is 7.86. The number of para-hydroxylation sites is 2. The molecule has 1 aliphatic rings. The van der Waals surface area contributed by atoms with Crippen LogP contribution in [-0.2, 0) is 4.79 Å². The first-order chi connectivity index (χ1) is 15.9. The summed E-state index contributed by atoms with van der Waals surface area (Å²) in [6.45, 7) is 1.76. The van der Waals surface area contributed by atoms with Gasteiger partial charge in [-0.15, -0.1) is 0 Å². The van der Waals surface area contributed by atoms with Crippen LogP contribution in [0.2, 0.25) is 0 Å². The number of aromatic nitrogens is 2. The van der Waals surface area contributed by atoms with Gasteiger partial charge >= 0.3 is 0 Å². The van der Waals surface area contributed by atoms with Crippen molar-refractivity contribution in [2.45, 2.75) is 13.0 Å². The first-order valence-corrected chi connectivity index (χ1v) is 10.2. The number of nitrogens with one attached hydrogen (secondary N) is 2. The first-order valence-electron chi connectivity index (χ1n) is 10.2. The lowest BCUT2D eigenvalue weighted by molar-refractivity contribution is -0.384.